The van der Waals surface area contributed by atoms with Gasteiger partial charge in [0.05, 0.1) is 18.3 Å². The average Bonchev–Trinajstić information content (AvgIpc) is 3.03. The third kappa shape index (κ3) is 4.42. The number of rotatable bonds is 5. The predicted molar refractivity (Wildman–Crippen MR) is 95.7 cm³/mol. The molecule has 1 amide bonds. The minimum Gasteiger partial charge on any atom is -0.348 e. The molecule has 1 aliphatic heterocycles. The van der Waals surface area contributed by atoms with Gasteiger partial charge in [-0.15, -0.1) is 0 Å². The van der Waals surface area contributed by atoms with E-state index in [2.05, 4.69) is 4.90 Å². The fourth-order valence-electron chi connectivity index (χ4n) is 3.30. The van der Waals surface area contributed by atoms with Crippen LogP contribution in [0.1, 0.15) is 35.8 Å². The maximum absolute atomic E-state index is 13.4. The molecule has 1 aromatic carbocycles. The molecule has 0 spiro atoms. The lowest BCUT2D eigenvalue weighted by Crippen LogP contribution is -2.36. The van der Waals surface area contributed by atoms with Crippen LogP contribution in [0.15, 0.2) is 42.5 Å². The Morgan fingerprint density at radius 3 is 2.84 bits per heavy atom. The molecular weight excluding hydrogens is 317 g/mol. The molecule has 0 saturated carbocycles. The molecule has 1 fully saturated rings. The Labute approximate surface area is 148 Å². The van der Waals surface area contributed by atoms with Gasteiger partial charge in [0.15, 0.2) is 0 Å². The first-order valence-electron chi connectivity index (χ1n) is 8.67. The van der Waals surface area contributed by atoms with E-state index in [0.29, 0.717) is 13.0 Å². The minimum absolute atomic E-state index is 0.114. The summed E-state index contributed by atoms with van der Waals surface area (Å²) in [6.45, 7) is 1.34. The number of halogens is 1. The van der Waals surface area contributed by atoms with E-state index in [4.69, 9.17) is 4.98 Å². The molecule has 25 heavy (non-hydrogen) atoms. The van der Waals surface area contributed by atoms with Gasteiger partial charge in [-0.3, -0.25) is 14.7 Å². The number of likely N-dealkylation sites (tertiary alicyclic amines) is 1. The predicted octanol–water partition coefficient (Wildman–Crippen LogP) is 3.04. The van der Waals surface area contributed by atoms with Gasteiger partial charge in [0.1, 0.15) is 5.82 Å². The molecule has 132 valence electrons. The largest absolute Gasteiger partial charge is 0.348 e. The quantitative estimate of drug-likeness (QED) is 0.839. The van der Waals surface area contributed by atoms with Crippen molar-refractivity contribution in [2.75, 3.05) is 27.2 Å². The summed E-state index contributed by atoms with van der Waals surface area (Å²) in [4.78, 5) is 20.7. The zero-order valence-corrected chi connectivity index (χ0v) is 14.8. The van der Waals surface area contributed by atoms with E-state index in [1.54, 1.807) is 31.1 Å². The van der Waals surface area contributed by atoms with Gasteiger partial charge in [-0.05, 0) is 49.2 Å². The Morgan fingerprint density at radius 1 is 1.28 bits per heavy atom. The minimum atomic E-state index is -0.224. The van der Waals surface area contributed by atoms with Crippen molar-refractivity contribution in [2.45, 2.75) is 25.3 Å². The normalized spacial score (nSPS) is 17.6. The van der Waals surface area contributed by atoms with E-state index in [-0.39, 0.29) is 17.8 Å². The van der Waals surface area contributed by atoms with Crippen LogP contribution in [0.4, 0.5) is 4.39 Å². The molecule has 3 rings (SSSR count). The Bertz CT molecular complexity index is 747. The second-order valence-corrected chi connectivity index (χ2v) is 6.78. The summed E-state index contributed by atoms with van der Waals surface area (Å²) >= 11 is 0. The lowest BCUT2D eigenvalue weighted by Gasteiger charge is -2.25. The van der Waals surface area contributed by atoms with Crippen LogP contribution >= 0.6 is 0 Å². The molecule has 4 nitrogen and oxygen atoms in total. The van der Waals surface area contributed by atoms with Crippen molar-refractivity contribution in [1.29, 1.82) is 0 Å². The van der Waals surface area contributed by atoms with E-state index >= 15 is 0 Å². The molecule has 0 radical (unpaired) electrons. The highest BCUT2D eigenvalue weighted by Crippen LogP contribution is 2.30. The van der Waals surface area contributed by atoms with E-state index in [1.165, 1.54) is 6.07 Å². The number of aromatic nitrogens is 1. The van der Waals surface area contributed by atoms with Crippen molar-refractivity contribution in [2.24, 2.45) is 0 Å². The third-order valence-electron chi connectivity index (χ3n) is 4.64. The number of hydrogen-bond donors (Lipinski definition) is 0. The summed E-state index contributed by atoms with van der Waals surface area (Å²) in [6, 6.07) is 12.8. The van der Waals surface area contributed by atoms with E-state index in [0.717, 1.165) is 36.3 Å². The molecule has 5 heteroatoms. The highest BCUT2D eigenvalue weighted by atomic mass is 19.1. The lowest BCUT2D eigenvalue weighted by molar-refractivity contribution is -0.130. The van der Waals surface area contributed by atoms with Crippen molar-refractivity contribution in [3.8, 4) is 0 Å². The second-order valence-electron chi connectivity index (χ2n) is 6.78. The number of amides is 1. The van der Waals surface area contributed by atoms with Crippen LogP contribution in [0.5, 0.6) is 0 Å². The Hall–Kier alpha value is -2.27. The number of hydrogen-bond acceptors (Lipinski definition) is 3. The topological polar surface area (TPSA) is 36.4 Å². The number of benzene rings is 1. The molecule has 1 atom stereocenters. The zero-order chi connectivity index (χ0) is 17.8. The van der Waals surface area contributed by atoms with Crippen molar-refractivity contribution >= 4 is 5.91 Å². The molecule has 1 aliphatic rings. The first kappa shape index (κ1) is 17.5. The molecule has 0 bridgehead atoms. The molecule has 0 unspecified atom stereocenters. The standard InChI is InChI=1S/C20H24FN3O/c1-23(2)20(25)14-24-11-5-10-19(24)18-9-4-8-17(22-18)13-15-6-3-7-16(21)12-15/h3-4,6-9,12,19H,5,10-11,13-14H2,1-2H3/t19-/m1/s1. The first-order valence-corrected chi connectivity index (χ1v) is 8.67. The molecule has 1 saturated heterocycles. The van der Waals surface area contributed by atoms with E-state index in [1.807, 2.05) is 24.3 Å². The summed E-state index contributed by atoms with van der Waals surface area (Å²) < 4.78 is 13.4. The molecule has 0 N–H and O–H groups in total. The summed E-state index contributed by atoms with van der Waals surface area (Å²) in [6.07, 6.45) is 2.69. The van der Waals surface area contributed by atoms with Gasteiger partial charge in [-0.2, -0.15) is 0 Å². The van der Waals surface area contributed by atoms with Crippen LogP contribution in [0.2, 0.25) is 0 Å². The van der Waals surface area contributed by atoms with E-state index < -0.39 is 0 Å². The van der Waals surface area contributed by atoms with Crippen LogP contribution in [0.3, 0.4) is 0 Å². The van der Waals surface area contributed by atoms with Gasteiger partial charge < -0.3 is 4.90 Å². The van der Waals surface area contributed by atoms with Gasteiger partial charge in [0, 0.05) is 26.2 Å². The van der Waals surface area contributed by atoms with Gasteiger partial charge in [-0.1, -0.05) is 18.2 Å². The highest BCUT2D eigenvalue weighted by Gasteiger charge is 2.29. The molecule has 2 heterocycles. The molecule has 2 aromatic rings. The Balaban J connectivity index is 1.75. The van der Waals surface area contributed by atoms with Crippen LogP contribution < -0.4 is 0 Å². The highest BCUT2D eigenvalue weighted by molar-refractivity contribution is 5.77. The Kier molecular flexibility index (Phi) is 5.43. The van der Waals surface area contributed by atoms with Crippen molar-refractivity contribution < 1.29 is 9.18 Å². The van der Waals surface area contributed by atoms with Gasteiger partial charge >= 0.3 is 0 Å². The maximum Gasteiger partial charge on any atom is 0.236 e. The van der Waals surface area contributed by atoms with Gasteiger partial charge in [0.25, 0.3) is 0 Å². The SMILES string of the molecule is CN(C)C(=O)CN1CCC[C@@H]1c1cccc(Cc2cccc(F)c2)n1. The Morgan fingerprint density at radius 2 is 2.08 bits per heavy atom. The summed E-state index contributed by atoms with van der Waals surface area (Å²) in [7, 11) is 3.57. The van der Waals surface area contributed by atoms with Gasteiger partial charge in [-0.25, -0.2) is 4.39 Å². The fraction of sp³-hybridized carbons (Fsp3) is 0.400. The number of pyridine rings is 1. The van der Waals surface area contributed by atoms with Crippen molar-refractivity contribution in [3.05, 3.63) is 65.2 Å². The monoisotopic (exact) mass is 341 g/mol. The number of nitrogens with zero attached hydrogens (tertiary/aromatic N) is 3. The average molecular weight is 341 g/mol. The molecular formula is C20H24FN3O. The van der Waals surface area contributed by atoms with Gasteiger partial charge in [0.2, 0.25) is 5.91 Å². The number of carbonyl (C=O) groups excluding carboxylic acids is 1. The van der Waals surface area contributed by atoms with Crippen molar-refractivity contribution in [3.63, 3.8) is 0 Å². The number of carbonyl (C=O) groups is 1. The fourth-order valence-corrected chi connectivity index (χ4v) is 3.30. The molecule has 1 aromatic heterocycles. The maximum atomic E-state index is 13.4. The third-order valence-corrected chi connectivity index (χ3v) is 4.64. The van der Waals surface area contributed by atoms with Crippen molar-refractivity contribution in [1.82, 2.24) is 14.8 Å². The molecule has 0 aliphatic carbocycles. The second kappa shape index (κ2) is 7.74. The lowest BCUT2D eigenvalue weighted by atomic mass is 10.1. The van der Waals surface area contributed by atoms with Crippen LogP contribution in [-0.2, 0) is 11.2 Å². The van der Waals surface area contributed by atoms with Crippen LogP contribution in [-0.4, -0.2) is 47.9 Å². The number of likely N-dealkylation sites (N-methyl/N-ethyl adjacent to an activating group) is 1. The van der Waals surface area contributed by atoms with Crippen LogP contribution in [0, 0.1) is 5.82 Å². The summed E-state index contributed by atoms with van der Waals surface area (Å²) in [5.41, 5.74) is 2.84. The van der Waals surface area contributed by atoms with E-state index in [9.17, 15) is 9.18 Å². The van der Waals surface area contributed by atoms with Crippen LogP contribution in [0.25, 0.3) is 0 Å². The zero-order valence-electron chi connectivity index (χ0n) is 14.8. The first-order chi connectivity index (χ1) is 12.0. The summed E-state index contributed by atoms with van der Waals surface area (Å²) in [5.74, 6) is -0.111. The smallest absolute Gasteiger partial charge is 0.236 e. The summed E-state index contributed by atoms with van der Waals surface area (Å²) in [5, 5.41) is 0.